The third kappa shape index (κ3) is 6.08. The van der Waals surface area contributed by atoms with Crippen LogP contribution in [-0.4, -0.2) is 73.4 Å². The number of aryl methyl sites for hydroxylation is 1. The fraction of sp³-hybridized carbons (Fsp3) is 0.379. The van der Waals surface area contributed by atoms with Gasteiger partial charge in [-0.25, -0.2) is 0 Å². The number of hydrogen-bond donors (Lipinski definition) is 5. The summed E-state index contributed by atoms with van der Waals surface area (Å²) in [5.74, 6) is -0.0743. The molecule has 0 unspecified atom stereocenters. The average Bonchev–Trinajstić information content (AvgIpc) is 3.53. The van der Waals surface area contributed by atoms with Crippen LogP contribution in [0.5, 0.6) is 11.5 Å². The van der Waals surface area contributed by atoms with Crippen LogP contribution < -0.4 is 20.7 Å². The van der Waals surface area contributed by atoms with Crippen molar-refractivity contribution >= 4 is 49.4 Å². The lowest BCUT2D eigenvalue weighted by Gasteiger charge is -2.34. The van der Waals surface area contributed by atoms with Crippen LogP contribution in [0.2, 0.25) is 0 Å². The number of rotatable bonds is 9. The second-order valence-electron chi connectivity index (χ2n) is 11.0. The SMILES string of the molecule is Cc1cc2c3c(cc(O)c2[nH]1)N(C(=O)c1cc2cc(OCCNC(=O)[C@@H](N)C(C)C)ccc2[nH]1)C[C@@H](OS(C)(=O)=O)C3. The van der Waals surface area contributed by atoms with E-state index in [1.807, 2.05) is 26.8 Å². The molecule has 0 radical (unpaired) electrons. The minimum atomic E-state index is -3.79. The van der Waals surface area contributed by atoms with Gasteiger partial charge in [-0.15, -0.1) is 0 Å². The van der Waals surface area contributed by atoms with E-state index in [1.54, 1.807) is 24.3 Å². The minimum Gasteiger partial charge on any atom is -0.506 e. The van der Waals surface area contributed by atoms with Crippen LogP contribution in [0.3, 0.4) is 0 Å². The fourth-order valence-corrected chi connectivity index (χ4v) is 5.86. The largest absolute Gasteiger partial charge is 0.506 e. The number of hydrogen-bond acceptors (Lipinski definition) is 8. The van der Waals surface area contributed by atoms with Gasteiger partial charge in [0.15, 0.2) is 0 Å². The molecule has 2 aromatic heterocycles. The van der Waals surface area contributed by atoms with Crippen LogP contribution in [0.15, 0.2) is 36.4 Å². The van der Waals surface area contributed by atoms with Crippen molar-refractivity contribution in [2.75, 3.05) is 30.9 Å². The third-order valence-corrected chi connectivity index (χ3v) is 7.92. The van der Waals surface area contributed by atoms with Crippen molar-refractivity contribution in [3.63, 3.8) is 0 Å². The van der Waals surface area contributed by atoms with Crippen LogP contribution in [0.4, 0.5) is 5.69 Å². The molecule has 0 aliphatic carbocycles. The summed E-state index contributed by atoms with van der Waals surface area (Å²) in [6.07, 6.45) is 0.421. The highest BCUT2D eigenvalue weighted by atomic mass is 32.2. The predicted molar refractivity (Wildman–Crippen MR) is 159 cm³/mol. The number of nitrogens with one attached hydrogen (secondary N) is 3. The number of anilines is 1. The average molecular weight is 598 g/mol. The summed E-state index contributed by atoms with van der Waals surface area (Å²) in [7, 11) is -3.79. The van der Waals surface area contributed by atoms with Crippen molar-refractivity contribution in [2.45, 2.75) is 39.3 Å². The molecule has 0 fully saturated rings. The Bertz CT molecular complexity index is 1780. The van der Waals surface area contributed by atoms with E-state index in [0.29, 0.717) is 40.0 Å². The fourth-order valence-electron chi connectivity index (χ4n) is 5.23. The number of phenols is 1. The molecule has 6 N–H and O–H groups in total. The van der Waals surface area contributed by atoms with E-state index in [-0.39, 0.29) is 42.8 Å². The van der Waals surface area contributed by atoms with Gasteiger partial charge in [0.25, 0.3) is 16.0 Å². The molecule has 1 aliphatic rings. The molecule has 224 valence electrons. The van der Waals surface area contributed by atoms with Crippen molar-refractivity contribution in [1.29, 1.82) is 0 Å². The Balaban J connectivity index is 1.38. The van der Waals surface area contributed by atoms with Crippen LogP contribution in [0.1, 0.15) is 35.6 Å². The normalized spacial score (nSPS) is 16.1. The van der Waals surface area contributed by atoms with Crippen LogP contribution in [0.25, 0.3) is 21.8 Å². The highest BCUT2D eigenvalue weighted by Crippen LogP contribution is 2.40. The molecule has 0 saturated heterocycles. The quantitative estimate of drug-likeness (QED) is 0.144. The maximum atomic E-state index is 13.9. The molecule has 5 rings (SSSR count). The molecule has 3 heterocycles. The molecule has 2 atom stereocenters. The Morgan fingerprint density at radius 2 is 1.95 bits per heavy atom. The van der Waals surface area contributed by atoms with Gasteiger partial charge < -0.3 is 35.8 Å². The van der Waals surface area contributed by atoms with Gasteiger partial charge in [-0.05, 0) is 48.7 Å². The summed E-state index contributed by atoms with van der Waals surface area (Å²) in [5, 5.41) is 14.9. The molecular formula is C29H35N5O7S. The van der Waals surface area contributed by atoms with E-state index >= 15 is 0 Å². The van der Waals surface area contributed by atoms with Gasteiger partial charge in [0, 0.05) is 34.5 Å². The van der Waals surface area contributed by atoms with Crippen LogP contribution in [-0.2, 0) is 25.5 Å². The molecule has 1 aliphatic heterocycles. The zero-order valence-electron chi connectivity index (χ0n) is 23.9. The number of nitrogens with two attached hydrogens (primary N) is 1. The smallest absolute Gasteiger partial charge is 0.274 e. The number of H-pyrrole nitrogens is 2. The van der Waals surface area contributed by atoms with Crippen molar-refractivity contribution in [3.8, 4) is 11.5 Å². The van der Waals surface area contributed by atoms with E-state index in [4.69, 9.17) is 14.7 Å². The molecule has 2 aromatic carbocycles. The summed E-state index contributed by atoms with van der Waals surface area (Å²) in [4.78, 5) is 33.6. The standard InChI is InChI=1S/C29H35N5O7S/c1-15(2)26(30)28(36)31-7-8-40-18-5-6-22-17(10-18)11-23(33-22)29(37)34-14-19(41-42(4,38)39)12-20-21-9-16(3)32-27(21)25(35)13-24(20)34/h5-6,9-11,13,15,19,26,32-33,35H,7-8,12,14,30H2,1-4H3,(H,31,36)/t19-,26-/m0/s1. The lowest BCUT2D eigenvalue weighted by molar-refractivity contribution is -0.123. The topological polar surface area (TPSA) is 180 Å². The second kappa shape index (κ2) is 11.3. The van der Waals surface area contributed by atoms with Gasteiger partial charge in [0.1, 0.15) is 23.8 Å². The van der Waals surface area contributed by atoms with Gasteiger partial charge in [-0.1, -0.05) is 13.8 Å². The van der Waals surface area contributed by atoms with Crippen molar-refractivity contribution in [3.05, 3.63) is 53.3 Å². The maximum Gasteiger partial charge on any atom is 0.274 e. The number of carbonyl (C=O) groups excluding carboxylic acids is 2. The monoisotopic (exact) mass is 597 g/mol. The summed E-state index contributed by atoms with van der Waals surface area (Å²) in [5.41, 5.74) is 9.34. The highest BCUT2D eigenvalue weighted by Gasteiger charge is 2.34. The van der Waals surface area contributed by atoms with E-state index in [1.165, 1.54) is 11.0 Å². The van der Waals surface area contributed by atoms with Crippen molar-refractivity contribution in [2.24, 2.45) is 11.7 Å². The summed E-state index contributed by atoms with van der Waals surface area (Å²) in [6.45, 7) is 6.11. The Kier molecular flexibility index (Phi) is 7.92. The first kappa shape index (κ1) is 29.4. The van der Waals surface area contributed by atoms with Gasteiger partial charge in [0.2, 0.25) is 5.91 Å². The Morgan fingerprint density at radius 1 is 1.19 bits per heavy atom. The summed E-state index contributed by atoms with van der Waals surface area (Å²) >= 11 is 0. The highest BCUT2D eigenvalue weighted by molar-refractivity contribution is 7.86. The van der Waals surface area contributed by atoms with Gasteiger partial charge >= 0.3 is 0 Å². The Hall–Kier alpha value is -4.07. The number of aromatic hydroxyl groups is 1. The van der Waals surface area contributed by atoms with Gasteiger partial charge in [-0.3, -0.25) is 13.8 Å². The lowest BCUT2D eigenvalue weighted by Crippen LogP contribution is -2.45. The summed E-state index contributed by atoms with van der Waals surface area (Å²) < 4.78 is 35.1. The molecule has 0 bridgehead atoms. The predicted octanol–water partition coefficient (Wildman–Crippen LogP) is 2.69. The van der Waals surface area contributed by atoms with Gasteiger partial charge in [-0.2, -0.15) is 8.42 Å². The van der Waals surface area contributed by atoms with E-state index in [2.05, 4.69) is 15.3 Å². The number of aromatic amines is 2. The third-order valence-electron chi connectivity index (χ3n) is 7.29. The molecule has 2 amide bonds. The van der Waals surface area contributed by atoms with Crippen molar-refractivity contribution < 1.29 is 32.0 Å². The maximum absolute atomic E-state index is 13.9. The number of carbonyl (C=O) groups is 2. The second-order valence-corrected chi connectivity index (χ2v) is 12.6. The number of amides is 2. The molecular weight excluding hydrogens is 562 g/mol. The zero-order valence-corrected chi connectivity index (χ0v) is 24.7. The molecule has 4 aromatic rings. The lowest BCUT2D eigenvalue weighted by atomic mass is 9.95. The molecule has 12 nitrogen and oxygen atoms in total. The number of nitrogens with zero attached hydrogens (tertiary/aromatic N) is 1. The van der Waals surface area contributed by atoms with Crippen molar-refractivity contribution in [1.82, 2.24) is 15.3 Å². The van der Waals surface area contributed by atoms with E-state index in [9.17, 15) is 23.1 Å². The number of aromatic nitrogens is 2. The van der Waals surface area contributed by atoms with E-state index in [0.717, 1.165) is 17.3 Å². The number of fused-ring (bicyclic) bond motifs is 4. The number of ether oxygens (including phenoxy) is 1. The number of benzene rings is 2. The molecule has 0 spiro atoms. The minimum absolute atomic E-state index is 0.0158. The Labute approximate surface area is 243 Å². The van der Waals surface area contributed by atoms with Crippen LogP contribution >= 0.6 is 0 Å². The van der Waals surface area contributed by atoms with E-state index < -0.39 is 28.2 Å². The van der Waals surface area contributed by atoms with Gasteiger partial charge in [0.05, 0.1) is 42.7 Å². The van der Waals surface area contributed by atoms with Crippen LogP contribution in [0, 0.1) is 12.8 Å². The number of phenolic OH excluding ortho intramolecular Hbond substituents is 1. The first-order chi connectivity index (χ1) is 19.8. The Morgan fingerprint density at radius 3 is 2.67 bits per heavy atom. The molecule has 0 saturated carbocycles. The zero-order chi connectivity index (χ0) is 30.3. The first-order valence-corrected chi connectivity index (χ1v) is 15.5. The summed E-state index contributed by atoms with van der Waals surface area (Å²) in [6, 6.07) is 9.79. The first-order valence-electron chi connectivity index (χ1n) is 13.6. The molecule has 42 heavy (non-hydrogen) atoms. The molecule has 13 heteroatoms.